The van der Waals surface area contributed by atoms with E-state index in [1.165, 1.54) is 4.68 Å². The molecule has 0 fully saturated rings. The van der Waals surface area contributed by atoms with Crippen molar-refractivity contribution < 1.29 is 9.90 Å². The average Bonchev–Trinajstić information content (AvgIpc) is 2.86. The Morgan fingerprint density at radius 3 is 3.00 bits per heavy atom. The molecule has 2 aromatic heterocycles. The zero-order valence-corrected chi connectivity index (χ0v) is 11.0. The fraction of sp³-hybridized carbons (Fsp3) is 0.214. The van der Waals surface area contributed by atoms with Crippen molar-refractivity contribution in [2.75, 3.05) is 11.9 Å². The molecule has 0 bridgehead atoms. The highest BCUT2D eigenvalue weighted by Gasteiger charge is 2.10. The summed E-state index contributed by atoms with van der Waals surface area (Å²) in [5.74, 6) is 5.84. The molecule has 102 valence electrons. The lowest BCUT2D eigenvalue weighted by molar-refractivity contribution is 0.101. The van der Waals surface area contributed by atoms with Crippen LogP contribution >= 0.6 is 0 Å². The first-order chi connectivity index (χ1) is 9.70. The van der Waals surface area contributed by atoms with Gasteiger partial charge >= 0.3 is 0 Å². The molecule has 0 aliphatic carbocycles. The van der Waals surface area contributed by atoms with E-state index in [-0.39, 0.29) is 12.5 Å². The highest BCUT2D eigenvalue weighted by Crippen LogP contribution is 2.08. The van der Waals surface area contributed by atoms with Crippen LogP contribution in [-0.4, -0.2) is 32.4 Å². The van der Waals surface area contributed by atoms with Crippen LogP contribution in [0.5, 0.6) is 0 Å². The summed E-state index contributed by atoms with van der Waals surface area (Å²) < 4.78 is 1.49. The molecule has 0 saturated heterocycles. The molecule has 0 saturated carbocycles. The van der Waals surface area contributed by atoms with Gasteiger partial charge in [0.1, 0.15) is 11.5 Å². The van der Waals surface area contributed by atoms with Crippen molar-refractivity contribution in [1.29, 1.82) is 0 Å². The second-order valence-corrected chi connectivity index (χ2v) is 4.00. The van der Waals surface area contributed by atoms with E-state index in [1.807, 2.05) is 0 Å². The van der Waals surface area contributed by atoms with Gasteiger partial charge < -0.3 is 10.4 Å². The summed E-state index contributed by atoms with van der Waals surface area (Å²) in [5.41, 5.74) is 1.18. The summed E-state index contributed by atoms with van der Waals surface area (Å²) in [7, 11) is 1.69. The van der Waals surface area contributed by atoms with E-state index in [2.05, 4.69) is 27.2 Å². The summed E-state index contributed by atoms with van der Waals surface area (Å²) in [4.78, 5) is 16.1. The molecule has 2 rings (SSSR count). The summed E-state index contributed by atoms with van der Waals surface area (Å²) in [6.45, 7) is 0.0299. The van der Waals surface area contributed by atoms with E-state index in [1.54, 1.807) is 37.6 Å². The van der Waals surface area contributed by atoms with Crippen LogP contribution in [0.15, 0.2) is 30.6 Å². The molecule has 0 radical (unpaired) electrons. The Labute approximate surface area is 116 Å². The second-order valence-electron chi connectivity index (χ2n) is 4.00. The molecule has 0 unspecified atom stereocenters. The van der Waals surface area contributed by atoms with Crippen molar-refractivity contribution in [1.82, 2.24) is 14.8 Å². The Morgan fingerprint density at radius 2 is 2.30 bits per heavy atom. The Morgan fingerprint density at radius 1 is 1.45 bits per heavy atom. The summed E-state index contributed by atoms with van der Waals surface area (Å²) in [5, 5.41) is 15.3. The first kappa shape index (κ1) is 13.8. The van der Waals surface area contributed by atoms with E-state index in [0.29, 0.717) is 17.9 Å². The smallest absolute Gasteiger partial charge is 0.275 e. The lowest BCUT2D eigenvalue weighted by atomic mass is 10.2. The van der Waals surface area contributed by atoms with Crippen molar-refractivity contribution in [3.05, 3.63) is 41.9 Å². The van der Waals surface area contributed by atoms with Crippen molar-refractivity contribution in [2.45, 2.75) is 6.42 Å². The number of rotatable bonds is 3. The van der Waals surface area contributed by atoms with Gasteiger partial charge in [0.05, 0.1) is 6.61 Å². The zero-order chi connectivity index (χ0) is 14.4. The van der Waals surface area contributed by atoms with E-state index in [0.717, 1.165) is 5.56 Å². The van der Waals surface area contributed by atoms with E-state index in [4.69, 9.17) is 5.11 Å². The van der Waals surface area contributed by atoms with Gasteiger partial charge in [0.25, 0.3) is 5.91 Å². The molecule has 1 amide bonds. The molecular formula is C14H14N4O2. The van der Waals surface area contributed by atoms with Crippen LogP contribution in [-0.2, 0) is 7.05 Å². The maximum Gasteiger partial charge on any atom is 0.275 e. The van der Waals surface area contributed by atoms with Gasteiger partial charge in [-0.2, -0.15) is 5.10 Å². The Bertz CT molecular complexity index is 667. The first-order valence-electron chi connectivity index (χ1n) is 6.06. The van der Waals surface area contributed by atoms with Crippen LogP contribution < -0.4 is 5.32 Å². The van der Waals surface area contributed by atoms with Gasteiger partial charge in [-0.05, 0) is 18.2 Å². The molecule has 0 aromatic carbocycles. The first-order valence-corrected chi connectivity index (χ1v) is 6.06. The summed E-state index contributed by atoms with van der Waals surface area (Å²) in [6.07, 6.45) is 3.54. The fourth-order valence-corrected chi connectivity index (χ4v) is 1.57. The highest BCUT2D eigenvalue weighted by atomic mass is 16.2. The largest absolute Gasteiger partial charge is 0.395 e. The van der Waals surface area contributed by atoms with E-state index < -0.39 is 0 Å². The third-order valence-corrected chi connectivity index (χ3v) is 2.52. The Kier molecular flexibility index (Phi) is 4.47. The second kappa shape index (κ2) is 6.50. The molecule has 2 heterocycles. The Balaban J connectivity index is 2.11. The lowest BCUT2D eigenvalue weighted by Gasteiger charge is -2.04. The molecule has 0 atom stereocenters. The number of hydrogen-bond donors (Lipinski definition) is 2. The van der Waals surface area contributed by atoms with Gasteiger partial charge in [-0.15, -0.1) is 0 Å². The minimum Gasteiger partial charge on any atom is -0.395 e. The van der Waals surface area contributed by atoms with E-state index in [9.17, 15) is 4.79 Å². The third-order valence-electron chi connectivity index (χ3n) is 2.52. The quantitative estimate of drug-likeness (QED) is 0.808. The van der Waals surface area contributed by atoms with Crippen molar-refractivity contribution in [3.63, 3.8) is 0 Å². The molecule has 6 heteroatoms. The van der Waals surface area contributed by atoms with E-state index >= 15 is 0 Å². The maximum absolute atomic E-state index is 12.0. The standard InChI is InChI=1S/C14H14N4O2/c1-18-12(6-8-16-18)14(20)17-13-10-11(5-7-15-13)4-2-3-9-19/h5-8,10,19H,3,9H2,1H3,(H,15,17,20). The summed E-state index contributed by atoms with van der Waals surface area (Å²) >= 11 is 0. The van der Waals surface area contributed by atoms with Crippen molar-refractivity contribution in [2.24, 2.45) is 7.05 Å². The van der Waals surface area contributed by atoms with Gasteiger partial charge in [0, 0.05) is 31.4 Å². The van der Waals surface area contributed by atoms with Crippen LogP contribution in [0.1, 0.15) is 22.5 Å². The minimum absolute atomic E-state index is 0.0299. The van der Waals surface area contributed by atoms with Gasteiger partial charge in [0.2, 0.25) is 0 Å². The van der Waals surface area contributed by atoms with Crippen LogP contribution in [0, 0.1) is 11.8 Å². The molecule has 2 N–H and O–H groups in total. The van der Waals surface area contributed by atoms with Crippen molar-refractivity contribution in [3.8, 4) is 11.8 Å². The topological polar surface area (TPSA) is 80.0 Å². The molecule has 0 aliphatic rings. The minimum atomic E-state index is -0.280. The number of hydrogen-bond acceptors (Lipinski definition) is 4. The van der Waals surface area contributed by atoms with Gasteiger partial charge in [0.15, 0.2) is 0 Å². The number of carbonyl (C=O) groups excluding carboxylic acids is 1. The van der Waals surface area contributed by atoms with Crippen LogP contribution in [0.3, 0.4) is 0 Å². The lowest BCUT2D eigenvalue weighted by Crippen LogP contribution is -2.16. The number of carbonyl (C=O) groups is 1. The highest BCUT2D eigenvalue weighted by molar-refractivity contribution is 6.02. The molecule has 6 nitrogen and oxygen atoms in total. The molecule has 20 heavy (non-hydrogen) atoms. The predicted molar refractivity (Wildman–Crippen MR) is 74.0 cm³/mol. The van der Waals surface area contributed by atoms with Crippen LogP contribution in [0.25, 0.3) is 0 Å². The molecule has 2 aromatic rings. The number of aromatic nitrogens is 3. The van der Waals surface area contributed by atoms with Crippen LogP contribution in [0.4, 0.5) is 5.82 Å². The zero-order valence-electron chi connectivity index (χ0n) is 11.0. The van der Waals surface area contributed by atoms with Gasteiger partial charge in [-0.25, -0.2) is 4.98 Å². The molecule has 0 spiro atoms. The molecular weight excluding hydrogens is 256 g/mol. The SMILES string of the molecule is Cn1nccc1C(=O)Nc1cc(C#CCCO)ccn1. The monoisotopic (exact) mass is 270 g/mol. The van der Waals surface area contributed by atoms with Crippen molar-refractivity contribution >= 4 is 11.7 Å². The Hall–Kier alpha value is -2.65. The number of nitrogens with zero attached hydrogens (tertiary/aromatic N) is 3. The predicted octanol–water partition coefficient (Wildman–Crippen LogP) is 0.801. The number of nitrogens with one attached hydrogen (secondary N) is 1. The third kappa shape index (κ3) is 3.43. The maximum atomic E-state index is 12.0. The fourth-order valence-electron chi connectivity index (χ4n) is 1.57. The molecule has 0 aliphatic heterocycles. The average molecular weight is 270 g/mol. The number of amides is 1. The van der Waals surface area contributed by atoms with Crippen LogP contribution in [0.2, 0.25) is 0 Å². The van der Waals surface area contributed by atoms with Gasteiger partial charge in [-0.3, -0.25) is 9.48 Å². The van der Waals surface area contributed by atoms with Gasteiger partial charge in [-0.1, -0.05) is 11.8 Å². The number of aliphatic hydroxyl groups is 1. The summed E-state index contributed by atoms with van der Waals surface area (Å²) in [6, 6.07) is 5.04. The number of pyridine rings is 1. The number of anilines is 1. The number of aryl methyl sites for hydroxylation is 1. The normalized spacial score (nSPS) is 9.70. The number of aliphatic hydroxyl groups excluding tert-OH is 1.